The highest BCUT2D eigenvalue weighted by Gasteiger charge is 2.32. The first-order valence-electron chi connectivity index (χ1n) is 7.59. The van der Waals surface area contributed by atoms with Gasteiger partial charge in [-0.3, -0.25) is 0 Å². The molecule has 1 aromatic rings. The molecule has 2 rings (SSSR count). The Morgan fingerprint density at radius 1 is 1.21 bits per heavy atom. The maximum absolute atomic E-state index is 6.61. The van der Waals surface area contributed by atoms with E-state index in [4.69, 9.17) is 10.5 Å². The molecular formula is C17H27NO. The van der Waals surface area contributed by atoms with Crippen LogP contribution in [0.15, 0.2) is 24.3 Å². The van der Waals surface area contributed by atoms with E-state index in [9.17, 15) is 0 Å². The highest BCUT2D eigenvalue weighted by Crippen LogP contribution is 2.38. The van der Waals surface area contributed by atoms with Gasteiger partial charge < -0.3 is 10.5 Å². The van der Waals surface area contributed by atoms with Crippen molar-refractivity contribution in [2.75, 3.05) is 0 Å². The summed E-state index contributed by atoms with van der Waals surface area (Å²) < 4.78 is 5.68. The minimum Gasteiger partial charge on any atom is -0.491 e. The summed E-state index contributed by atoms with van der Waals surface area (Å²) in [6.45, 7) is 6.38. The molecule has 0 heterocycles. The molecule has 0 spiro atoms. The van der Waals surface area contributed by atoms with E-state index in [0.717, 1.165) is 24.5 Å². The van der Waals surface area contributed by atoms with Gasteiger partial charge in [-0.15, -0.1) is 0 Å². The minimum atomic E-state index is -0.123. The summed E-state index contributed by atoms with van der Waals surface area (Å²) in [5.74, 6) is 1.81. The second-order valence-corrected chi connectivity index (χ2v) is 6.20. The second kappa shape index (κ2) is 5.96. The fourth-order valence-electron chi connectivity index (χ4n) is 3.03. The third-order valence-electron chi connectivity index (χ3n) is 4.38. The quantitative estimate of drug-likeness (QED) is 0.880. The van der Waals surface area contributed by atoms with Gasteiger partial charge in [-0.25, -0.2) is 0 Å². The van der Waals surface area contributed by atoms with Crippen LogP contribution in [-0.2, 0) is 5.54 Å². The molecule has 0 amide bonds. The SMILES string of the molecule is CCC1CCC(N)(c2ccc(OC(C)C)cc2)CC1. The van der Waals surface area contributed by atoms with Crippen molar-refractivity contribution in [3.63, 3.8) is 0 Å². The average Bonchev–Trinajstić information content (AvgIpc) is 2.40. The molecule has 0 unspecified atom stereocenters. The lowest BCUT2D eigenvalue weighted by Crippen LogP contribution is -2.40. The molecule has 0 aromatic heterocycles. The molecule has 2 nitrogen and oxygen atoms in total. The smallest absolute Gasteiger partial charge is 0.119 e. The van der Waals surface area contributed by atoms with Crippen molar-refractivity contribution in [2.45, 2.75) is 64.5 Å². The number of hydrogen-bond acceptors (Lipinski definition) is 2. The molecule has 0 bridgehead atoms. The zero-order valence-electron chi connectivity index (χ0n) is 12.5. The standard InChI is InChI=1S/C17H27NO/c1-4-14-9-11-17(18,12-10-14)15-5-7-16(8-6-15)19-13(2)3/h5-8,13-14H,4,9-12,18H2,1-3H3. The van der Waals surface area contributed by atoms with Crippen molar-refractivity contribution >= 4 is 0 Å². The molecule has 1 fully saturated rings. The van der Waals surface area contributed by atoms with E-state index in [-0.39, 0.29) is 11.6 Å². The molecule has 1 aliphatic rings. The second-order valence-electron chi connectivity index (χ2n) is 6.20. The molecule has 1 aliphatic carbocycles. The minimum absolute atomic E-state index is 0.123. The van der Waals surface area contributed by atoms with Crippen molar-refractivity contribution in [2.24, 2.45) is 11.7 Å². The zero-order chi connectivity index (χ0) is 13.9. The Balaban J connectivity index is 2.05. The van der Waals surface area contributed by atoms with E-state index in [1.165, 1.54) is 24.8 Å². The third-order valence-corrected chi connectivity index (χ3v) is 4.38. The van der Waals surface area contributed by atoms with Crippen LogP contribution in [0.1, 0.15) is 58.4 Å². The normalized spacial score (nSPS) is 27.5. The third kappa shape index (κ3) is 3.50. The van der Waals surface area contributed by atoms with Gasteiger partial charge in [-0.05, 0) is 63.1 Å². The summed E-state index contributed by atoms with van der Waals surface area (Å²) in [6, 6.07) is 8.39. The van der Waals surface area contributed by atoms with Crippen LogP contribution in [0.4, 0.5) is 0 Å². The van der Waals surface area contributed by atoms with Crippen LogP contribution in [0.5, 0.6) is 5.75 Å². The predicted molar refractivity (Wildman–Crippen MR) is 80.3 cm³/mol. The molecule has 1 saturated carbocycles. The van der Waals surface area contributed by atoms with Crippen LogP contribution in [0.2, 0.25) is 0 Å². The number of hydrogen-bond donors (Lipinski definition) is 1. The molecule has 0 atom stereocenters. The van der Waals surface area contributed by atoms with Gasteiger partial charge in [0.2, 0.25) is 0 Å². The Morgan fingerprint density at radius 2 is 1.79 bits per heavy atom. The van der Waals surface area contributed by atoms with Gasteiger partial charge in [0.15, 0.2) is 0 Å². The first-order chi connectivity index (χ1) is 9.03. The fraction of sp³-hybridized carbons (Fsp3) is 0.647. The molecule has 2 heteroatoms. The Morgan fingerprint density at radius 3 is 2.26 bits per heavy atom. The van der Waals surface area contributed by atoms with Crippen LogP contribution in [0.25, 0.3) is 0 Å². The summed E-state index contributed by atoms with van der Waals surface area (Å²) in [4.78, 5) is 0. The lowest BCUT2D eigenvalue weighted by molar-refractivity contribution is 0.230. The highest BCUT2D eigenvalue weighted by molar-refractivity contribution is 5.32. The molecule has 2 N–H and O–H groups in total. The Bertz CT molecular complexity index is 388. The van der Waals surface area contributed by atoms with Crippen LogP contribution >= 0.6 is 0 Å². The summed E-state index contributed by atoms with van der Waals surface area (Å²) in [6.07, 6.45) is 6.25. The molecule has 0 radical (unpaired) electrons. The van der Waals surface area contributed by atoms with Crippen molar-refractivity contribution in [1.82, 2.24) is 0 Å². The largest absolute Gasteiger partial charge is 0.491 e. The summed E-state index contributed by atoms with van der Waals surface area (Å²) >= 11 is 0. The summed E-state index contributed by atoms with van der Waals surface area (Å²) in [5.41, 5.74) is 7.75. The van der Waals surface area contributed by atoms with Gasteiger partial charge in [0.1, 0.15) is 5.75 Å². The number of nitrogens with two attached hydrogens (primary N) is 1. The molecule has 1 aromatic carbocycles. The first-order valence-corrected chi connectivity index (χ1v) is 7.59. The van der Waals surface area contributed by atoms with E-state index >= 15 is 0 Å². The van der Waals surface area contributed by atoms with Gasteiger partial charge in [0.05, 0.1) is 6.10 Å². The monoisotopic (exact) mass is 261 g/mol. The Labute approximate surface area is 117 Å². The molecular weight excluding hydrogens is 234 g/mol. The van der Waals surface area contributed by atoms with Crippen LogP contribution < -0.4 is 10.5 Å². The van der Waals surface area contributed by atoms with Crippen LogP contribution in [-0.4, -0.2) is 6.10 Å². The Hall–Kier alpha value is -1.02. The predicted octanol–water partition coefficient (Wildman–Crippen LogP) is 4.23. The lowest BCUT2D eigenvalue weighted by atomic mass is 9.73. The van der Waals surface area contributed by atoms with Gasteiger partial charge in [-0.2, -0.15) is 0 Å². The summed E-state index contributed by atoms with van der Waals surface area (Å²) in [5, 5.41) is 0. The topological polar surface area (TPSA) is 35.2 Å². The number of benzene rings is 1. The first kappa shape index (κ1) is 14.4. The average molecular weight is 261 g/mol. The van der Waals surface area contributed by atoms with Crippen molar-refractivity contribution in [1.29, 1.82) is 0 Å². The number of rotatable bonds is 4. The molecule has 0 aliphatic heterocycles. The van der Waals surface area contributed by atoms with E-state index in [2.05, 4.69) is 31.2 Å². The van der Waals surface area contributed by atoms with Gasteiger partial charge in [0, 0.05) is 5.54 Å². The van der Waals surface area contributed by atoms with E-state index < -0.39 is 0 Å². The summed E-state index contributed by atoms with van der Waals surface area (Å²) in [7, 11) is 0. The van der Waals surface area contributed by atoms with Crippen molar-refractivity contribution in [3.05, 3.63) is 29.8 Å². The van der Waals surface area contributed by atoms with Crippen LogP contribution in [0.3, 0.4) is 0 Å². The zero-order valence-corrected chi connectivity index (χ0v) is 12.5. The van der Waals surface area contributed by atoms with E-state index in [1.807, 2.05) is 13.8 Å². The van der Waals surface area contributed by atoms with Crippen LogP contribution in [0, 0.1) is 5.92 Å². The molecule has 0 saturated heterocycles. The van der Waals surface area contributed by atoms with Gasteiger partial charge >= 0.3 is 0 Å². The van der Waals surface area contributed by atoms with Crippen molar-refractivity contribution < 1.29 is 4.74 Å². The fourth-order valence-corrected chi connectivity index (χ4v) is 3.03. The van der Waals surface area contributed by atoms with E-state index in [1.54, 1.807) is 0 Å². The Kier molecular flexibility index (Phi) is 4.51. The molecule has 106 valence electrons. The molecule has 19 heavy (non-hydrogen) atoms. The maximum atomic E-state index is 6.61. The van der Waals surface area contributed by atoms with Crippen molar-refractivity contribution in [3.8, 4) is 5.75 Å². The number of ether oxygens (including phenoxy) is 1. The van der Waals surface area contributed by atoms with E-state index in [0.29, 0.717) is 0 Å². The lowest BCUT2D eigenvalue weighted by Gasteiger charge is -2.37. The highest BCUT2D eigenvalue weighted by atomic mass is 16.5. The van der Waals surface area contributed by atoms with Gasteiger partial charge in [-0.1, -0.05) is 25.5 Å². The van der Waals surface area contributed by atoms with Gasteiger partial charge in [0.25, 0.3) is 0 Å². The maximum Gasteiger partial charge on any atom is 0.119 e.